The summed E-state index contributed by atoms with van der Waals surface area (Å²) < 4.78 is 0. The summed E-state index contributed by atoms with van der Waals surface area (Å²) in [5.74, 6) is 1.33. The van der Waals surface area contributed by atoms with Crippen molar-refractivity contribution in [1.29, 1.82) is 0 Å². The van der Waals surface area contributed by atoms with Gasteiger partial charge >= 0.3 is 12.0 Å². The van der Waals surface area contributed by atoms with E-state index in [9.17, 15) is 9.59 Å². The van der Waals surface area contributed by atoms with Crippen LogP contribution in [0.2, 0.25) is 0 Å². The van der Waals surface area contributed by atoms with Crippen molar-refractivity contribution in [1.82, 2.24) is 10.6 Å². The summed E-state index contributed by atoms with van der Waals surface area (Å²) in [6, 6.07) is -1.79. The van der Waals surface area contributed by atoms with Crippen LogP contribution < -0.4 is 10.6 Å². The fourth-order valence-corrected chi connectivity index (χ4v) is 0.958. The van der Waals surface area contributed by atoms with Crippen LogP contribution in [0.4, 0.5) is 4.79 Å². The second kappa shape index (κ2) is 6.71. The lowest BCUT2D eigenvalue weighted by atomic mass is 10.2. The van der Waals surface area contributed by atoms with E-state index in [4.69, 9.17) is 11.5 Å². The van der Waals surface area contributed by atoms with Crippen LogP contribution in [-0.2, 0) is 4.79 Å². The molecule has 0 radical (unpaired) electrons. The SMILES string of the molecule is C#CC(CC)NC(=O)N[C@H](CC)C(=O)O. The van der Waals surface area contributed by atoms with Crippen molar-refractivity contribution in [2.24, 2.45) is 0 Å². The molecule has 3 N–H and O–H groups in total. The molecular formula is C10H16N2O3. The Bertz CT molecular complexity index is 270. The standard InChI is InChI=1S/C10H16N2O3/c1-4-7(5-2)11-10(15)12-8(6-3)9(13)14/h1,7-8H,5-6H2,2-3H3,(H,13,14)(H2,11,12,15)/t7?,8-/m1/s1. The first-order valence-electron chi connectivity index (χ1n) is 4.81. The molecule has 2 amide bonds. The van der Waals surface area contributed by atoms with Crippen molar-refractivity contribution in [2.45, 2.75) is 38.8 Å². The minimum atomic E-state index is -1.05. The fraction of sp³-hybridized carbons (Fsp3) is 0.600. The molecule has 0 fully saturated rings. The maximum Gasteiger partial charge on any atom is 0.326 e. The summed E-state index contributed by atoms with van der Waals surface area (Å²) in [6.45, 7) is 3.51. The number of hydrogen-bond acceptors (Lipinski definition) is 2. The van der Waals surface area contributed by atoms with Gasteiger partial charge in [0.05, 0.1) is 6.04 Å². The number of rotatable bonds is 5. The van der Waals surface area contributed by atoms with E-state index in [0.29, 0.717) is 12.8 Å². The molecule has 5 nitrogen and oxygen atoms in total. The lowest BCUT2D eigenvalue weighted by Gasteiger charge is -2.15. The molecule has 0 saturated carbocycles. The third-order valence-electron chi connectivity index (χ3n) is 1.93. The minimum Gasteiger partial charge on any atom is -0.480 e. The number of carboxylic acid groups (broad SMARTS) is 1. The van der Waals surface area contributed by atoms with Crippen LogP contribution in [0.25, 0.3) is 0 Å². The van der Waals surface area contributed by atoms with Gasteiger partial charge in [-0.05, 0) is 12.8 Å². The van der Waals surface area contributed by atoms with Gasteiger partial charge in [0.15, 0.2) is 0 Å². The first-order chi connectivity index (χ1) is 7.04. The van der Waals surface area contributed by atoms with Gasteiger partial charge in [-0.1, -0.05) is 19.8 Å². The van der Waals surface area contributed by atoms with Gasteiger partial charge in [-0.2, -0.15) is 0 Å². The molecule has 0 aliphatic heterocycles. The summed E-state index contributed by atoms with van der Waals surface area (Å²) >= 11 is 0. The number of aliphatic carboxylic acids is 1. The van der Waals surface area contributed by atoms with E-state index < -0.39 is 18.0 Å². The quantitative estimate of drug-likeness (QED) is 0.583. The number of terminal acetylenes is 1. The van der Waals surface area contributed by atoms with Crippen LogP contribution in [0, 0.1) is 12.3 Å². The number of carbonyl (C=O) groups excluding carboxylic acids is 1. The van der Waals surface area contributed by atoms with E-state index >= 15 is 0 Å². The minimum absolute atomic E-state index is 0.329. The molecule has 1 unspecified atom stereocenters. The van der Waals surface area contributed by atoms with Gasteiger partial charge in [0.25, 0.3) is 0 Å². The second-order valence-corrected chi connectivity index (χ2v) is 3.04. The van der Waals surface area contributed by atoms with E-state index in [1.54, 1.807) is 6.92 Å². The number of nitrogens with one attached hydrogen (secondary N) is 2. The van der Waals surface area contributed by atoms with Crippen LogP contribution in [0.1, 0.15) is 26.7 Å². The Kier molecular flexibility index (Phi) is 5.95. The van der Waals surface area contributed by atoms with Crippen molar-refractivity contribution in [3.8, 4) is 12.3 Å². The zero-order valence-electron chi connectivity index (χ0n) is 8.91. The second-order valence-electron chi connectivity index (χ2n) is 3.04. The molecule has 0 spiro atoms. The lowest BCUT2D eigenvalue weighted by molar-refractivity contribution is -0.139. The molecule has 0 aromatic heterocycles. The van der Waals surface area contributed by atoms with Gasteiger partial charge in [-0.25, -0.2) is 9.59 Å². The van der Waals surface area contributed by atoms with Gasteiger partial charge < -0.3 is 15.7 Å². The van der Waals surface area contributed by atoms with Crippen molar-refractivity contribution in [3.63, 3.8) is 0 Å². The fourth-order valence-electron chi connectivity index (χ4n) is 0.958. The van der Waals surface area contributed by atoms with Crippen molar-refractivity contribution in [3.05, 3.63) is 0 Å². The van der Waals surface area contributed by atoms with Gasteiger partial charge in [0.1, 0.15) is 6.04 Å². The van der Waals surface area contributed by atoms with Crippen molar-refractivity contribution < 1.29 is 14.7 Å². The molecule has 2 atom stereocenters. The Hall–Kier alpha value is -1.70. The molecule has 15 heavy (non-hydrogen) atoms. The van der Waals surface area contributed by atoms with Crippen molar-refractivity contribution >= 4 is 12.0 Å². The highest BCUT2D eigenvalue weighted by Gasteiger charge is 2.18. The molecule has 0 aliphatic carbocycles. The average molecular weight is 212 g/mol. The van der Waals surface area contributed by atoms with Crippen LogP contribution in [-0.4, -0.2) is 29.2 Å². The summed E-state index contributed by atoms with van der Waals surface area (Å²) in [4.78, 5) is 21.9. The summed E-state index contributed by atoms with van der Waals surface area (Å²) in [5, 5.41) is 13.5. The van der Waals surface area contributed by atoms with E-state index in [0.717, 1.165) is 0 Å². The van der Waals surface area contributed by atoms with E-state index in [1.807, 2.05) is 6.92 Å². The molecule has 0 aromatic rings. The van der Waals surface area contributed by atoms with Crippen molar-refractivity contribution in [2.75, 3.05) is 0 Å². The molecule has 0 aromatic carbocycles. The Labute approximate surface area is 89.2 Å². The van der Waals surface area contributed by atoms with Gasteiger partial charge in [-0.3, -0.25) is 0 Å². The Morgan fingerprint density at radius 3 is 2.27 bits per heavy atom. The van der Waals surface area contributed by atoms with E-state index in [2.05, 4.69) is 16.6 Å². The Morgan fingerprint density at radius 2 is 1.93 bits per heavy atom. The molecule has 0 aliphatic rings. The van der Waals surface area contributed by atoms with Gasteiger partial charge in [0.2, 0.25) is 0 Å². The van der Waals surface area contributed by atoms with Crippen LogP contribution in [0.5, 0.6) is 0 Å². The first kappa shape index (κ1) is 13.3. The van der Waals surface area contributed by atoms with Gasteiger partial charge in [-0.15, -0.1) is 6.42 Å². The normalized spacial score (nSPS) is 13.4. The largest absolute Gasteiger partial charge is 0.480 e. The molecular weight excluding hydrogens is 196 g/mol. The zero-order valence-corrected chi connectivity index (χ0v) is 8.91. The molecule has 5 heteroatoms. The highest BCUT2D eigenvalue weighted by molar-refractivity contribution is 5.82. The lowest BCUT2D eigenvalue weighted by Crippen LogP contribution is -2.48. The predicted molar refractivity (Wildman–Crippen MR) is 56.3 cm³/mol. The third kappa shape index (κ3) is 4.91. The van der Waals surface area contributed by atoms with E-state index in [1.165, 1.54) is 0 Å². The molecule has 0 rings (SSSR count). The smallest absolute Gasteiger partial charge is 0.326 e. The molecule has 0 heterocycles. The molecule has 84 valence electrons. The van der Waals surface area contributed by atoms with E-state index in [-0.39, 0.29) is 6.04 Å². The van der Waals surface area contributed by atoms with Crippen LogP contribution in [0.15, 0.2) is 0 Å². The summed E-state index contributed by atoms with van der Waals surface area (Å²) in [5.41, 5.74) is 0. The highest BCUT2D eigenvalue weighted by atomic mass is 16.4. The predicted octanol–water partition coefficient (Wildman–Crippen LogP) is 0.561. The topological polar surface area (TPSA) is 78.4 Å². The number of urea groups is 1. The molecule has 0 saturated heterocycles. The third-order valence-corrected chi connectivity index (χ3v) is 1.93. The summed E-state index contributed by atoms with van der Waals surface area (Å²) in [6.07, 6.45) is 6.08. The highest BCUT2D eigenvalue weighted by Crippen LogP contribution is 1.92. The maximum atomic E-state index is 11.3. The average Bonchev–Trinajstić information content (AvgIpc) is 2.22. The number of carboxylic acids is 1. The van der Waals surface area contributed by atoms with Gasteiger partial charge in [0, 0.05) is 0 Å². The van der Waals surface area contributed by atoms with Crippen LogP contribution in [0.3, 0.4) is 0 Å². The summed E-state index contributed by atoms with van der Waals surface area (Å²) in [7, 11) is 0. The zero-order chi connectivity index (χ0) is 11.8. The number of carbonyl (C=O) groups is 2. The first-order valence-corrected chi connectivity index (χ1v) is 4.81. The monoisotopic (exact) mass is 212 g/mol. The Morgan fingerprint density at radius 1 is 1.33 bits per heavy atom. The number of hydrogen-bond donors (Lipinski definition) is 3. The maximum absolute atomic E-state index is 11.3. The number of amides is 2. The van der Waals surface area contributed by atoms with Crippen LogP contribution >= 0.6 is 0 Å². The Balaban J connectivity index is 4.13. The molecule has 0 bridgehead atoms.